The molecule has 2 rings (SSSR count). The largest absolute Gasteiger partial charge is 0.491 e. The molecule has 4 heteroatoms. The number of hydrogen-bond donors (Lipinski definition) is 1. The summed E-state index contributed by atoms with van der Waals surface area (Å²) in [4.78, 5) is 12.9. The van der Waals surface area contributed by atoms with Gasteiger partial charge in [-0.05, 0) is 12.5 Å². The van der Waals surface area contributed by atoms with E-state index in [1.165, 1.54) is 0 Å². The number of aliphatic hydroxyl groups is 1. The van der Waals surface area contributed by atoms with Crippen molar-refractivity contribution < 1.29 is 14.6 Å². The van der Waals surface area contributed by atoms with Gasteiger partial charge in [0.05, 0.1) is 18.6 Å². The second-order valence-corrected chi connectivity index (χ2v) is 5.72. The van der Waals surface area contributed by atoms with Crippen LogP contribution in [-0.2, 0) is 4.79 Å². The predicted molar refractivity (Wildman–Crippen MR) is 82.2 cm³/mol. The highest BCUT2D eigenvalue weighted by molar-refractivity contribution is 5.82. The first kappa shape index (κ1) is 15.8. The Morgan fingerprint density at radius 3 is 2.81 bits per heavy atom. The van der Waals surface area contributed by atoms with Crippen LogP contribution in [0, 0.1) is 0 Å². The zero-order valence-electron chi connectivity index (χ0n) is 12.9. The van der Waals surface area contributed by atoms with Crippen LogP contribution >= 0.6 is 0 Å². The summed E-state index contributed by atoms with van der Waals surface area (Å²) < 4.78 is 5.83. The van der Waals surface area contributed by atoms with Crippen LogP contribution in [0.4, 0.5) is 0 Å². The first-order chi connectivity index (χ1) is 10.1. The Morgan fingerprint density at radius 1 is 1.38 bits per heavy atom. The lowest BCUT2D eigenvalue weighted by Gasteiger charge is -2.37. The van der Waals surface area contributed by atoms with Gasteiger partial charge in [0.15, 0.2) is 0 Å². The Hall–Kier alpha value is -1.55. The van der Waals surface area contributed by atoms with Crippen molar-refractivity contribution in [2.75, 3.05) is 13.7 Å². The van der Waals surface area contributed by atoms with Crippen molar-refractivity contribution in [2.24, 2.45) is 0 Å². The van der Waals surface area contributed by atoms with Crippen molar-refractivity contribution in [3.63, 3.8) is 0 Å². The standard InChI is InChI=1S/C17H25NO3/c1-3-4-5-9-15(19)14-8-6-7-10-16(14)21-12-13-11-17(20)18(13)2/h6-8,10,13,15,19H,3-5,9,11-12H2,1-2H3. The number of β-lactam (4-membered cyclic amide) rings is 1. The molecular formula is C17H25NO3. The minimum Gasteiger partial charge on any atom is -0.491 e. The number of hydrogen-bond acceptors (Lipinski definition) is 3. The fourth-order valence-electron chi connectivity index (χ4n) is 2.56. The van der Waals surface area contributed by atoms with E-state index >= 15 is 0 Å². The number of amides is 1. The van der Waals surface area contributed by atoms with Gasteiger partial charge < -0.3 is 14.7 Å². The van der Waals surface area contributed by atoms with Gasteiger partial charge in [0, 0.05) is 12.6 Å². The predicted octanol–water partition coefficient (Wildman–Crippen LogP) is 2.91. The van der Waals surface area contributed by atoms with E-state index in [0.29, 0.717) is 13.0 Å². The molecule has 0 saturated carbocycles. The van der Waals surface area contributed by atoms with Gasteiger partial charge >= 0.3 is 0 Å². The molecule has 0 spiro atoms. The molecular weight excluding hydrogens is 266 g/mol. The van der Waals surface area contributed by atoms with Crippen LogP contribution in [0.5, 0.6) is 5.75 Å². The van der Waals surface area contributed by atoms with Crippen molar-refractivity contribution in [3.8, 4) is 5.75 Å². The Labute approximate surface area is 126 Å². The second-order valence-electron chi connectivity index (χ2n) is 5.72. The minimum absolute atomic E-state index is 0.155. The van der Waals surface area contributed by atoms with E-state index < -0.39 is 6.10 Å². The molecule has 1 aliphatic rings. The van der Waals surface area contributed by atoms with Gasteiger partial charge in [0.25, 0.3) is 0 Å². The molecule has 1 heterocycles. The number of benzene rings is 1. The van der Waals surface area contributed by atoms with Crippen LogP contribution < -0.4 is 4.74 Å². The lowest BCUT2D eigenvalue weighted by molar-refractivity contribution is -0.144. The summed E-state index contributed by atoms with van der Waals surface area (Å²) in [6, 6.07) is 7.79. The zero-order valence-corrected chi connectivity index (χ0v) is 12.9. The molecule has 0 aromatic heterocycles. The molecule has 1 saturated heterocycles. The van der Waals surface area contributed by atoms with Gasteiger partial charge in [-0.2, -0.15) is 0 Å². The van der Waals surface area contributed by atoms with Crippen molar-refractivity contribution in [1.82, 2.24) is 4.90 Å². The summed E-state index contributed by atoms with van der Waals surface area (Å²) in [5, 5.41) is 10.3. The van der Waals surface area contributed by atoms with E-state index in [1.807, 2.05) is 24.3 Å². The lowest BCUT2D eigenvalue weighted by Crippen LogP contribution is -2.52. The molecule has 2 atom stereocenters. The number of nitrogens with zero attached hydrogens (tertiary/aromatic N) is 1. The summed E-state index contributed by atoms with van der Waals surface area (Å²) >= 11 is 0. The van der Waals surface area contributed by atoms with Crippen LogP contribution in [0.15, 0.2) is 24.3 Å². The van der Waals surface area contributed by atoms with Crippen LogP contribution in [-0.4, -0.2) is 35.6 Å². The summed E-state index contributed by atoms with van der Waals surface area (Å²) in [5.74, 6) is 0.894. The molecule has 1 fully saturated rings. The number of aliphatic hydroxyl groups excluding tert-OH is 1. The third-order valence-electron chi connectivity index (χ3n) is 4.14. The van der Waals surface area contributed by atoms with E-state index in [1.54, 1.807) is 11.9 Å². The highest BCUT2D eigenvalue weighted by Gasteiger charge is 2.33. The first-order valence-corrected chi connectivity index (χ1v) is 7.79. The number of ether oxygens (including phenoxy) is 1. The Kier molecular flexibility index (Phi) is 5.62. The third-order valence-corrected chi connectivity index (χ3v) is 4.14. The topological polar surface area (TPSA) is 49.8 Å². The highest BCUT2D eigenvalue weighted by Crippen LogP contribution is 2.29. The maximum Gasteiger partial charge on any atom is 0.224 e. The van der Waals surface area contributed by atoms with E-state index in [2.05, 4.69) is 6.92 Å². The SMILES string of the molecule is CCCCCC(O)c1ccccc1OCC1CC(=O)N1C. The summed E-state index contributed by atoms with van der Waals surface area (Å²) in [6.45, 7) is 2.64. The minimum atomic E-state index is -0.478. The van der Waals surface area contributed by atoms with Gasteiger partial charge in [-0.3, -0.25) is 4.79 Å². The normalized spacial score (nSPS) is 19.3. The van der Waals surface area contributed by atoms with Crippen molar-refractivity contribution in [2.45, 2.75) is 51.2 Å². The molecule has 4 nitrogen and oxygen atoms in total. The number of carbonyl (C=O) groups is 1. The molecule has 0 aliphatic carbocycles. The van der Waals surface area contributed by atoms with E-state index in [9.17, 15) is 9.90 Å². The second kappa shape index (κ2) is 7.46. The highest BCUT2D eigenvalue weighted by atomic mass is 16.5. The van der Waals surface area contributed by atoms with Gasteiger partial charge in [-0.15, -0.1) is 0 Å². The fourth-order valence-corrected chi connectivity index (χ4v) is 2.56. The third kappa shape index (κ3) is 3.97. The monoisotopic (exact) mass is 291 g/mol. The molecule has 0 bridgehead atoms. The van der Waals surface area contributed by atoms with Gasteiger partial charge in [-0.1, -0.05) is 44.4 Å². The van der Waals surface area contributed by atoms with Crippen molar-refractivity contribution in [1.29, 1.82) is 0 Å². The molecule has 1 aromatic carbocycles. The Bertz CT molecular complexity index is 475. The number of para-hydroxylation sites is 1. The van der Waals surface area contributed by atoms with Crippen molar-refractivity contribution in [3.05, 3.63) is 29.8 Å². The Balaban J connectivity index is 1.91. The average Bonchev–Trinajstić information content (AvgIpc) is 2.51. The molecule has 21 heavy (non-hydrogen) atoms. The molecule has 116 valence electrons. The van der Waals surface area contributed by atoms with Crippen LogP contribution in [0.1, 0.15) is 50.7 Å². The van der Waals surface area contributed by atoms with Gasteiger partial charge in [0.1, 0.15) is 12.4 Å². The van der Waals surface area contributed by atoms with Crippen molar-refractivity contribution >= 4 is 5.91 Å². The van der Waals surface area contributed by atoms with E-state index in [-0.39, 0.29) is 11.9 Å². The van der Waals surface area contributed by atoms with Crippen LogP contribution in [0.3, 0.4) is 0 Å². The molecule has 1 aliphatic heterocycles. The molecule has 1 N–H and O–H groups in total. The number of carbonyl (C=O) groups excluding carboxylic acids is 1. The fraction of sp³-hybridized carbons (Fsp3) is 0.588. The molecule has 1 aromatic rings. The zero-order chi connectivity index (χ0) is 15.2. The molecule has 1 amide bonds. The number of likely N-dealkylation sites (tertiary alicyclic amines) is 1. The Morgan fingerprint density at radius 2 is 2.14 bits per heavy atom. The lowest BCUT2D eigenvalue weighted by atomic mass is 10.0. The number of likely N-dealkylation sites (N-methyl/N-ethyl adjacent to an activating group) is 1. The van der Waals surface area contributed by atoms with E-state index in [0.717, 1.165) is 37.0 Å². The van der Waals surface area contributed by atoms with Crippen LogP contribution in [0.2, 0.25) is 0 Å². The maximum absolute atomic E-state index is 11.2. The smallest absolute Gasteiger partial charge is 0.224 e. The summed E-state index contributed by atoms with van der Waals surface area (Å²) in [7, 11) is 1.80. The quantitative estimate of drug-likeness (QED) is 0.592. The first-order valence-electron chi connectivity index (χ1n) is 7.79. The molecule has 2 unspecified atom stereocenters. The summed E-state index contributed by atoms with van der Waals surface area (Å²) in [6.07, 6.45) is 4.13. The summed E-state index contributed by atoms with van der Waals surface area (Å²) in [5.41, 5.74) is 0.849. The van der Waals surface area contributed by atoms with Gasteiger partial charge in [-0.25, -0.2) is 0 Å². The van der Waals surface area contributed by atoms with Gasteiger partial charge in [0.2, 0.25) is 5.91 Å². The average molecular weight is 291 g/mol. The van der Waals surface area contributed by atoms with E-state index in [4.69, 9.17) is 4.74 Å². The van der Waals surface area contributed by atoms with Crippen LogP contribution in [0.25, 0.3) is 0 Å². The molecule has 0 radical (unpaired) electrons. The number of rotatable bonds is 8. The maximum atomic E-state index is 11.2. The number of unbranched alkanes of at least 4 members (excludes halogenated alkanes) is 2.